The maximum Gasteiger partial charge on any atom is 0.142 e. The second-order valence-corrected chi connectivity index (χ2v) is 9.37. The molecule has 0 heterocycles. The fourth-order valence-electron chi connectivity index (χ4n) is 5.25. The van der Waals surface area contributed by atoms with Gasteiger partial charge in [0.2, 0.25) is 0 Å². The molecule has 0 amide bonds. The van der Waals surface area contributed by atoms with Crippen LogP contribution in [0.4, 0.5) is 4.39 Å². The van der Waals surface area contributed by atoms with Crippen LogP contribution in [0, 0.1) is 23.6 Å². The summed E-state index contributed by atoms with van der Waals surface area (Å²) < 4.78 is 13.7. The summed E-state index contributed by atoms with van der Waals surface area (Å²) >= 11 is 5.81. The van der Waals surface area contributed by atoms with Gasteiger partial charge in [0.1, 0.15) is 5.82 Å². The maximum atomic E-state index is 13.7. The van der Waals surface area contributed by atoms with E-state index in [1.807, 2.05) is 6.07 Å². The van der Waals surface area contributed by atoms with Crippen LogP contribution < -0.4 is 0 Å². The summed E-state index contributed by atoms with van der Waals surface area (Å²) in [4.78, 5) is 0. The lowest BCUT2D eigenvalue weighted by Crippen LogP contribution is -2.14. The normalized spacial score (nSPS) is 29.3. The molecule has 27 heavy (non-hydrogen) atoms. The zero-order chi connectivity index (χ0) is 19.1. The number of hydrogen-bond acceptors (Lipinski definition) is 0. The molecular formula is C25H36ClF. The van der Waals surface area contributed by atoms with Gasteiger partial charge in [0, 0.05) is 0 Å². The molecule has 2 fully saturated rings. The van der Waals surface area contributed by atoms with Crippen molar-refractivity contribution in [3.8, 4) is 0 Å². The van der Waals surface area contributed by atoms with Crippen molar-refractivity contribution in [2.45, 2.75) is 89.9 Å². The topological polar surface area (TPSA) is 0 Å². The summed E-state index contributed by atoms with van der Waals surface area (Å²) in [6, 6.07) is 5.34. The van der Waals surface area contributed by atoms with E-state index in [1.54, 1.807) is 12.1 Å². The second-order valence-electron chi connectivity index (χ2n) is 8.97. The Kier molecular flexibility index (Phi) is 8.24. The Bertz CT molecular complexity index is 592. The van der Waals surface area contributed by atoms with Crippen LogP contribution in [0.25, 0.3) is 0 Å². The van der Waals surface area contributed by atoms with Crippen molar-refractivity contribution in [1.29, 1.82) is 0 Å². The van der Waals surface area contributed by atoms with E-state index in [0.29, 0.717) is 5.92 Å². The van der Waals surface area contributed by atoms with Gasteiger partial charge >= 0.3 is 0 Å². The molecule has 0 bridgehead atoms. The van der Waals surface area contributed by atoms with Gasteiger partial charge in [-0.25, -0.2) is 4.39 Å². The van der Waals surface area contributed by atoms with E-state index >= 15 is 0 Å². The van der Waals surface area contributed by atoms with Crippen molar-refractivity contribution in [2.24, 2.45) is 17.8 Å². The molecule has 0 spiro atoms. The molecule has 2 aliphatic rings. The minimum Gasteiger partial charge on any atom is -0.205 e. The van der Waals surface area contributed by atoms with Crippen molar-refractivity contribution in [3.05, 3.63) is 46.8 Å². The van der Waals surface area contributed by atoms with Gasteiger partial charge in [0.25, 0.3) is 0 Å². The molecule has 0 nitrogen and oxygen atoms in total. The quantitative estimate of drug-likeness (QED) is 0.408. The molecule has 0 atom stereocenters. The largest absolute Gasteiger partial charge is 0.205 e. The summed E-state index contributed by atoms with van der Waals surface area (Å²) in [6.07, 6.45) is 21.0. The summed E-state index contributed by atoms with van der Waals surface area (Å²) in [6.45, 7) is 2.32. The lowest BCUT2D eigenvalue weighted by molar-refractivity contribution is 0.253. The Hall–Kier alpha value is -0.820. The summed E-state index contributed by atoms with van der Waals surface area (Å²) in [5.41, 5.74) is 1.12. The van der Waals surface area contributed by atoms with Crippen LogP contribution in [0.15, 0.2) is 30.4 Å². The number of rotatable bonds is 7. The molecule has 0 aliphatic heterocycles. The Morgan fingerprint density at radius 2 is 1.63 bits per heavy atom. The van der Waals surface area contributed by atoms with E-state index in [1.165, 1.54) is 64.2 Å². The van der Waals surface area contributed by atoms with E-state index in [2.05, 4.69) is 19.1 Å². The van der Waals surface area contributed by atoms with E-state index in [-0.39, 0.29) is 10.8 Å². The Morgan fingerprint density at radius 1 is 0.963 bits per heavy atom. The van der Waals surface area contributed by atoms with Crippen LogP contribution in [0.1, 0.15) is 95.5 Å². The highest BCUT2D eigenvalue weighted by atomic mass is 35.5. The highest BCUT2D eigenvalue weighted by Crippen LogP contribution is 2.37. The van der Waals surface area contributed by atoms with Crippen molar-refractivity contribution < 1.29 is 4.39 Å². The predicted molar refractivity (Wildman–Crippen MR) is 115 cm³/mol. The molecule has 2 aliphatic carbocycles. The highest BCUT2D eigenvalue weighted by molar-refractivity contribution is 6.30. The summed E-state index contributed by atoms with van der Waals surface area (Å²) in [5, 5.41) is 0.231. The average Bonchev–Trinajstić information content (AvgIpc) is 2.69. The van der Waals surface area contributed by atoms with E-state index < -0.39 is 0 Å². The van der Waals surface area contributed by atoms with Crippen LogP contribution in [0.2, 0.25) is 5.02 Å². The first-order valence-electron chi connectivity index (χ1n) is 11.3. The van der Waals surface area contributed by atoms with Crippen molar-refractivity contribution in [2.75, 3.05) is 0 Å². The summed E-state index contributed by atoms with van der Waals surface area (Å²) in [5.74, 6) is 2.93. The van der Waals surface area contributed by atoms with Gasteiger partial charge in [-0.1, -0.05) is 75.3 Å². The fraction of sp³-hybridized carbons (Fsp3) is 0.680. The second kappa shape index (κ2) is 10.6. The third kappa shape index (κ3) is 6.34. The molecule has 150 valence electrons. The van der Waals surface area contributed by atoms with Gasteiger partial charge in [0.15, 0.2) is 0 Å². The van der Waals surface area contributed by atoms with Crippen LogP contribution in [0.5, 0.6) is 0 Å². The molecule has 0 radical (unpaired) electrons. The molecule has 3 rings (SSSR count). The van der Waals surface area contributed by atoms with Gasteiger partial charge < -0.3 is 0 Å². The predicted octanol–water partition coefficient (Wildman–Crippen LogP) is 8.70. The first-order valence-corrected chi connectivity index (χ1v) is 11.6. The number of hydrogen-bond donors (Lipinski definition) is 0. The molecule has 2 saturated carbocycles. The summed E-state index contributed by atoms with van der Waals surface area (Å²) in [7, 11) is 0. The average molecular weight is 391 g/mol. The molecule has 0 N–H and O–H groups in total. The van der Waals surface area contributed by atoms with Gasteiger partial charge in [-0.2, -0.15) is 0 Å². The monoisotopic (exact) mass is 390 g/mol. The molecule has 0 saturated heterocycles. The molecule has 1 aromatic carbocycles. The zero-order valence-electron chi connectivity index (χ0n) is 16.9. The molecule has 0 aromatic heterocycles. The smallest absolute Gasteiger partial charge is 0.142 e. The van der Waals surface area contributed by atoms with E-state index in [0.717, 1.165) is 36.2 Å². The van der Waals surface area contributed by atoms with E-state index in [9.17, 15) is 4.39 Å². The number of benzene rings is 1. The molecule has 2 heteroatoms. The van der Waals surface area contributed by atoms with Crippen molar-refractivity contribution >= 4 is 11.6 Å². The van der Waals surface area contributed by atoms with Crippen LogP contribution in [0.3, 0.4) is 0 Å². The minimum absolute atomic E-state index is 0.231. The van der Waals surface area contributed by atoms with Crippen LogP contribution in [-0.4, -0.2) is 0 Å². The Morgan fingerprint density at radius 3 is 2.26 bits per heavy atom. The lowest BCUT2D eigenvalue weighted by atomic mass is 9.77. The number of halogens is 2. The van der Waals surface area contributed by atoms with Gasteiger partial charge in [0.05, 0.1) is 5.02 Å². The highest BCUT2D eigenvalue weighted by Gasteiger charge is 2.22. The standard InChI is InChI=1S/C25H36ClF/c1-2-5-19-8-10-20(11-9-19)6-3-4-7-21-12-14-22(15-13-21)23-16-17-24(26)25(27)18-23/h4,7,16-22H,2-3,5-6,8-15H2,1H3/b7-4+. The van der Waals surface area contributed by atoms with E-state index in [4.69, 9.17) is 11.6 Å². The Balaban J connectivity index is 1.34. The maximum absolute atomic E-state index is 13.7. The van der Waals surface area contributed by atoms with Crippen molar-refractivity contribution in [3.63, 3.8) is 0 Å². The van der Waals surface area contributed by atoms with Crippen molar-refractivity contribution in [1.82, 2.24) is 0 Å². The lowest BCUT2D eigenvalue weighted by Gasteiger charge is -2.28. The fourth-order valence-corrected chi connectivity index (χ4v) is 5.37. The van der Waals surface area contributed by atoms with Gasteiger partial charge in [-0.3, -0.25) is 0 Å². The van der Waals surface area contributed by atoms with Crippen LogP contribution in [-0.2, 0) is 0 Å². The molecular weight excluding hydrogens is 355 g/mol. The first kappa shape index (κ1) is 20.9. The first-order chi connectivity index (χ1) is 13.2. The zero-order valence-corrected chi connectivity index (χ0v) is 17.7. The Labute approximate surface area is 170 Å². The molecule has 1 aromatic rings. The SMILES string of the molecule is CCCC1CCC(CC/C=C/C2CCC(c3ccc(Cl)c(F)c3)CC2)CC1. The number of allylic oxidation sites excluding steroid dienone is 2. The third-order valence-electron chi connectivity index (χ3n) is 7.00. The van der Waals surface area contributed by atoms with Crippen LogP contribution >= 0.6 is 11.6 Å². The minimum atomic E-state index is -0.278. The third-order valence-corrected chi connectivity index (χ3v) is 7.31. The van der Waals surface area contributed by atoms with Gasteiger partial charge in [-0.15, -0.1) is 0 Å². The van der Waals surface area contributed by atoms with Gasteiger partial charge in [-0.05, 0) is 79.9 Å². The molecule has 0 unspecified atom stereocenters.